The molecule has 3 heteroatoms. The van der Waals surface area contributed by atoms with Crippen molar-refractivity contribution < 1.29 is 4.79 Å². The van der Waals surface area contributed by atoms with Gasteiger partial charge in [-0.2, -0.15) is 0 Å². The lowest BCUT2D eigenvalue weighted by Gasteiger charge is -2.35. The Morgan fingerprint density at radius 3 is 2.31 bits per heavy atom. The second kappa shape index (κ2) is 6.24. The zero-order chi connectivity index (χ0) is 12.1. The van der Waals surface area contributed by atoms with Gasteiger partial charge >= 0.3 is 0 Å². The van der Waals surface area contributed by atoms with Crippen LogP contribution in [0.15, 0.2) is 0 Å². The predicted octanol–water partition coefficient (Wildman–Crippen LogP) is 1.74. The molecule has 3 nitrogen and oxygen atoms in total. The van der Waals surface area contributed by atoms with Gasteiger partial charge in [0.1, 0.15) is 0 Å². The Morgan fingerprint density at radius 2 is 1.88 bits per heavy atom. The van der Waals surface area contributed by atoms with E-state index in [1.807, 2.05) is 18.9 Å². The van der Waals surface area contributed by atoms with Gasteiger partial charge in [-0.25, -0.2) is 0 Å². The summed E-state index contributed by atoms with van der Waals surface area (Å²) in [5, 5.41) is 3.07. The fraction of sp³-hybridized carbons (Fsp3) is 0.923. The van der Waals surface area contributed by atoms with E-state index < -0.39 is 0 Å². The smallest absolute Gasteiger partial charge is 0.226 e. The summed E-state index contributed by atoms with van der Waals surface area (Å²) in [5.41, 5.74) is 0. The van der Waals surface area contributed by atoms with Gasteiger partial charge in [-0.05, 0) is 31.7 Å². The van der Waals surface area contributed by atoms with E-state index in [2.05, 4.69) is 19.2 Å². The van der Waals surface area contributed by atoms with Crippen LogP contribution in [-0.2, 0) is 4.79 Å². The Bertz CT molecular complexity index is 220. The van der Waals surface area contributed by atoms with Crippen molar-refractivity contribution in [2.75, 3.05) is 26.7 Å². The maximum atomic E-state index is 12.1. The summed E-state index contributed by atoms with van der Waals surface area (Å²) in [4.78, 5) is 14.1. The highest BCUT2D eigenvalue weighted by atomic mass is 16.2. The Hall–Kier alpha value is -0.570. The van der Waals surface area contributed by atoms with Crippen molar-refractivity contribution in [3.63, 3.8) is 0 Å². The minimum Gasteiger partial charge on any atom is -0.342 e. The molecule has 1 amide bonds. The van der Waals surface area contributed by atoms with Crippen LogP contribution >= 0.6 is 0 Å². The Labute approximate surface area is 99.6 Å². The first kappa shape index (κ1) is 13.5. The molecule has 1 fully saturated rings. The van der Waals surface area contributed by atoms with Crippen molar-refractivity contribution in [2.24, 2.45) is 17.8 Å². The lowest BCUT2D eigenvalue weighted by molar-refractivity contribution is -0.136. The second-order valence-electron chi connectivity index (χ2n) is 5.37. The first-order chi connectivity index (χ1) is 7.56. The van der Waals surface area contributed by atoms with E-state index in [0.29, 0.717) is 5.91 Å². The highest BCUT2D eigenvalue weighted by molar-refractivity contribution is 5.78. The van der Waals surface area contributed by atoms with E-state index in [-0.39, 0.29) is 5.92 Å². The molecule has 0 aromatic carbocycles. The zero-order valence-corrected chi connectivity index (χ0v) is 11.1. The molecule has 1 aliphatic rings. The molecule has 1 aliphatic heterocycles. The Balaban J connectivity index is 2.38. The van der Waals surface area contributed by atoms with Gasteiger partial charge in [-0.3, -0.25) is 4.79 Å². The van der Waals surface area contributed by atoms with Crippen molar-refractivity contribution in [2.45, 2.75) is 33.6 Å². The number of carbonyl (C=O) groups excluding carboxylic acids is 1. The molecule has 0 spiro atoms. The maximum absolute atomic E-state index is 12.1. The summed E-state index contributed by atoms with van der Waals surface area (Å²) in [5.74, 6) is 1.99. The van der Waals surface area contributed by atoms with Crippen LogP contribution in [0.25, 0.3) is 0 Å². The third-order valence-electron chi connectivity index (χ3n) is 3.73. The number of nitrogens with one attached hydrogen (secondary N) is 1. The first-order valence-electron chi connectivity index (χ1n) is 6.49. The van der Waals surface area contributed by atoms with Crippen molar-refractivity contribution in [3.05, 3.63) is 0 Å². The molecule has 0 aromatic rings. The molecular weight excluding hydrogens is 200 g/mol. The van der Waals surface area contributed by atoms with Gasteiger partial charge < -0.3 is 10.2 Å². The molecule has 1 heterocycles. The predicted molar refractivity (Wildman–Crippen MR) is 67.2 cm³/mol. The van der Waals surface area contributed by atoms with E-state index >= 15 is 0 Å². The number of hydrogen-bond donors (Lipinski definition) is 1. The lowest BCUT2D eigenvalue weighted by atomic mass is 9.86. The van der Waals surface area contributed by atoms with Crippen molar-refractivity contribution in [1.82, 2.24) is 10.2 Å². The summed E-state index contributed by atoms with van der Waals surface area (Å²) in [7, 11) is 1.90. The average Bonchev–Trinajstić information content (AvgIpc) is 2.28. The third-order valence-corrected chi connectivity index (χ3v) is 3.73. The van der Waals surface area contributed by atoms with E-state index in [1.165, 1.54) is 12.8 Å². The fourth-order valence-electron chi connectivity index (χ4n) is 2.49. The van der Waals surface area contributed by atoms with Crippen LogP contribution < -0.4 is 5.32 Å². The van der Waals surface area contributed by atoms with Gasteiger partial charge in [0.05, 0.1) is 0 Å². The van der Waals surface area contributed by atoms with E-state index in [0.717, 1.165) is 31.5 Å². The summed E-state index contributed by atoms with van der Waals surface area (Å²) >= 11 is 0. The van der Waals surface area contributed by atoms with Crippen LogP contribution in [-0.4, -0.2) is 37.5 Å². The zero-order valence-electron chi connectivity index (χ0n) is 11.1. The molecule has 1 atom stereocenters. The molecule has 0 bridgehead atoms. The monoisotopic (exact) mass is 226 g/mol. The molecular formula is C13H26N2O. The third kappa shape index (κ3) is 3.48. The van der Waals surface area contributed by atoms with E-state index in [1.54, 1.807) is 0 Å². The molecule has 94 valence electrons. The molecule has 0 radical (unpaired) electrons. The highest BCUT2D eigenvalue weighted by Crippen LogP contribution is 2.25. The standard InChI is InChI=1S/C13H26N2O/c1-10(2)12-5-7-15(8-6-12)13(16)11(3)9-14-4/h10-12,14H,5-9H2,1-4H3. The quantitative estimate of drug-likeness (QED) is 0.792. The molecule has 0 saturated carbocycles. The molecule has 1 unspecified atom stereocenters. The molecule has 1 saturated heterocycles. The van der Waals surface area contributed by atoms with Crippen LogP contribution in [0, 0.1) is 17.8 Å². The highest BCUT2D eigenvalue weighted by Gasteiger charge is 2.26. The number of likely N-dealkylation sites (tertiary alicyclic amines) is 1. The summed E-state index contributed by atoms with van der Waals surface area (Å²) < 4.78 is 0. The van der Waals surface area contributed by atoms with Crippen LogP contribution in [0.2, 0.25) is 0 Å². The minimum atomic E-state index is 0.112. The van der Waals surface area contributed by atoms with Crippen molar-refractivity contribution >= 4 is 5.91 Å². The van der Waals surface area contributed by atoms with Crippen molar-refractivity contribution in [1.29, 1.82) is 0 Å². The SMILES string of the molecule is CNCC(C)C(=O)N1CCC(C(C)C)CC1. The van der Waals surface area contributed by atoms with Crippen LogP contribution in [0.5, 0.6) is 0 Å². The van der Waals surface area contributed by atoms with Crippen molar-refractivity contribution in [3.8, 4) is 0 Å². The summed E-state index contributed by atoms with van der Waals surface area (Å²) in [6.45, 7) is 9.26. The number of carbonyl (C=O) groups is 1. The number of piperidine rings is 1. The van der Waals surface area contributed by atoms with E-state index in [4.69, 9.17) is 0 Å². The van der Waals surface area contributed by atoms with E-state index in [9.17, 15) is 4.79 Å². The average molecular weight is 226 g/mol. The van der Waals surface area contributed by atoms with Crippen LogP contribution in [0.3, 0.4) is 0 Å². The normalized spacial score (nSPS) is 20.2. The molecule has 16 heavy (non-hydrogen) atoms. The van der Waals surface area contributed by atoms with Crippen LogP contribution in [0.1, 0.15) is 33.6 Å². The van der Waals surface area contributed by atoms with Gasteiger partial charge in [0, 0.05) is 25.6 Å². The van der Waals surface area contributed by atoms with Crippen LogP contribution in [0.4, 0.5) is 0 Å². The van der Waals surface area contributed by atoms with Gasteiger partial charge in [-0.15, -0.1) is 0 Å². The summed E-state index contributed by atoms with van der Waals surface area (Å²) in [6, 6.07) is 0. The van der Waals surface area contributed by atoms with Gasteiger partial charge in [-0.1, -0.05) is 20.8 Å². The number of nitrogens with zero attached hydrogens (tertiary/aromatic N) is 1. The Morgan fingerprint density at radius 1 is 1.31 bits per heavy atom. The fourth-order valence-corrected chi connectivity index (χ4v) is 2.49. The van der Waals surface area contributed by atoms with Gasteiger partial charge in [0.2, 0.25) is 5.91 Å². The molecule has 0 aromatic heterocycles. The topological polar surface area (TPSA) is 32.3 Å². The second-order valence-corrected chi connectivity index (χ2v) is 5.37. The Kier molecular flexibility index (Phi) is 5.26. The minimum absolute atomic E-state index is 0.112. The van der Waals surface area contributed by atoms with Gasteiger partial charge in [0.15, 0.2) is 0 Å². The summed E-state index contributed by atoms with van der Waals surface area (Å²) in [6.07, 6.45) is 2.35. The van der Waals surface area contributed by atoms with Gasteiger partial charge in [0.25, 0.3) is 0 Å². The number of hydrogen-bond acceptors (Lipinski definition) is 2. The largest absolute Gasteiger partial charge is 0.342 e. The number of amides is 1. The first-order valence-corrected chi connectivity index (χ1v) is 6.49. The molecule has 0 aliphatic carbocycles. The molecule has 1 N–H and O–H groups in total. The number of rotatable bonds is 4. The molecule has 1 rings (SSSR count). The maximum Gasteiger partial charge on any atom is 0.226 e. The lowest BCUT2D eigenvalue weighted by Crippen LogP contribution is -2.43.